The van der Waals surface area contributed by atoms with E-state index in [4.69, 9.17) is 4.42 Å². The molecule has 4 rings (SSSR count). The van der Waals surface area contributed by atoms with Gasteiger partial charge in [0.25, 0.3) is 5.91 Å². The first-order valence-electron chi connectivity index (χ1n) is 10.1. The van der Waals surface area contributed by atoms with Crippen molar-refractivity contribution in [1.29, 1.82) is 0 Å². The molecule has 2 aromatic rings. The van der Waals surface area contributed by atoms with Crippen LogP contribution in [0.3, 0.4) is 0 Å². The molecule has 0 radical (unpaired) electrons. The van der Waals surface area contributed by atoms with E-state index in [1.807, 2.05) is 23.1 Å². The van der Waals surface area contributed by atoms with E-state index in [1.54, 1.807) is 6.07 Å². The Morgan fingerprint density at radius 1 is 1.14 bits per heavy atom. The summed E-state index contributed by atoms with van der Waals surface area (Å²) in [5, 5.41) is 3.84. The highest BCUT2D eigenvalue weighted by atomic mass is 79.9. The van der Waals surface area contributed by atoms with Gasteiger partial charge in [-0.25, -0.2) is 0 Å². The lowest BCUT2D eigenvalue weighted by Gasteiger charge is -2.36. The van der Waals surface area contributed by atoms with Crippen LogP contribution in [0, 0.1) is 5.92 Å². The Morgan fingerprint density at radius 3 is 2.61 bits per heavy atom. The minimum Gasteiger partial charge on any atom is -0.450 e. The Hall–Kier alpha value is -1.86. The van der Waals surface area contributed by atoms with Crippen molar-refractivity contribution in [3.8, 4) is 0 Å². The van der Waals surface area contributed by atoms with E-state index < -0.39 is 0 Å². The molecule has 2 heterocycles. The van der Waals surface area contributed by atoms with E-state index in [9.17, 15) is 9.59 Å². The van der Waals surface area contributed by atoms with Crippen molar-refractivity contribution in [3.63, 3.8) is 0 Å². The lowest BCUT2D eigenvalue weighted by atomic mass is 10.1. The van der Waals surface area contributed by atoms with Crippen molar-refractivity contribution in [1.82, 2.24) is 15.1 Å². The number of piperazine rings is 1. The third kappa shape index (κ3) is 4.25. The molecule has 1 aliphatic carbocycles. The number of benzene rings is 1. The number of fused-ring (bicyclic) bond motifs is 1. The van der Waals surface area contributed by atoms with Crippen LogP contribution in [0.1, 0.15) is 36.2 Å². The molecule has 1 aromatic carbocycles. The average Bonchev–Trinajstić information content (AvgIpc) is 3.38. The number of amides is 2. The van der Waals surface area contributed by atoms with Crippen molar-refractivity contribution >= 4 is 38.7 Å². The number of rotatable bonds is 5. The van der Waals surface area contributed by atoms with Gasteiger partial charge in [-0.1, -0.05) is 25.0 Å². The third-order valence-electron chi connectivity index (χ3n) is 5.82. The fourth-order valence-corrected chi connectivity index (χ4v) is 4.64. The van der Waals surface area contributed by atoms with Gasteiger partial charge in [0.15, 0.2) is 5.76 Å². The van der Waals surface area contributed by atoms with Gasteiger partial charge in [0, 0.05) is 50.6 Å². The maximum absolute atomic E-state index is 12.5. The molecule has 28 heavy (non-hydrogen) atoms. The predicted molar refractivity (Wildman–Crippen MR) is 111 cm³/mol. The molecular weight excluding hydrogens is 422 g/mol. The molecule has 7 heteroatoms. The summed E-state index contributed by atoms with van der Waals surface area (Å²) in [6.07, 6.45) is 4.50. The van der Waals surface area contributed by atoms with Crippen LogP contribution in [-0.4, -0.2) is 60.9 Å². The molecule has 0 spiro atoms. The van der Waals surface area contributed by atoms with Crippen LogP contribution in [0.25, 0.3) is 11.0 Å². The Labute approximate surface area is 173 Å². The van der Waals surface area contributed by atoms with E-state index in [1.165, 1.54) is 12.8 Å². The van der Waals surface area contributed by atoms with Gasteiger partial charge in [-0.3, -0.25) is 14.5 Å². The van der Waals surface area contributed by atoms with Crippen LogP contribution in [0.15, 0.2) is 33.2 Å². The number of hydrogen-bond donors (Lipinski definition) is 1. The molecule has 6 nitrogen and oxygen atoms in total. The van der Waals surface area contributed by atoms with Crippen LogP contribution in [0.4, 0.5) is 0 Å². The molecule has 2 aliphatic rings. The molecule has 1 aliphatic heterocycles. The first kappa shape index (κ1) is 19.5. The summed E-state index contributed by atoms with van der Waals surface area (Å²) in [6.45, 7) is 4.66. The van der Waals surface area contributed by atoms with E-state index in [0.29, 0.717) is 23.8 Å². The maximum atomic E-state index is 12.5. The van der Waals surface area contributed by atoms with Gasteiger partial charge in [0.05, 0.1) is 4.47 Å². The average molecular weight is 448 g/mol. The first-order chi connectivity index (χ1) is 13.6. The van der Waals surface area contributed by atoms with Crippen molar-refractivity contribution in [2.45, 2.75) is 25.7 Å². The summed E-state index contributed by atoms with van der Waals surface area (Å²) in [5.74, 6) is 0.739. The summed E-state index contributed by atoms with van der Waals surface area (Å²) < 4.78 is 6.52. The van der Waals surface area contributed by atoms with Crippen molar-refractivity contribution in [2.24, 2.45) is 5.92 Å². The first-order valence-corrected chi connectivity index (χ1v) is 10.9. The van der Waals surface area contributed by atoms with Crippen LogP contribution >= 0.6 is 15.9 Å². The van der Waals surface area contributed by atoms with Gasteiger partial charge in [-0.2, -0.15) is 0 Å². The zero-order valence-corrected chi connectivity index (χ0v) is 17.5. The summed E-state index contributed by atoms with van der Waals surface area (Å²) in [4.78, 5) is 29.2. The largest absolute Gasteiger partial charge is 0.450 e. The van der Waals surface area contributed by atoms with Crippen LogP contribution in [0.5, 0.6) is 0 Å². The fraction of sp³-hybridized carbons (Fsp3) is 0.524. The smallest absolute Gasteiger partial charge is 0.287 e. The molecule has 1 saturated carbocycles. The second-order valence-corrected chi connectivity index (χ2v) is 8.53. The number of carbonyl (C=O) groups excluding carboxylic acids is 2. The van der Waals surface area contributed by atoms with Crippen LogP contribution in [0.2, 0.25) is 0 Å². The van der Waals surface area contributed by atoms with E-state index in [2.05, 4.69) is 26.1 Å². The van der Waals surface area contributed by atoms with E-state index in [-0.39, 0.29) is 11.8 Å². The molecule has 2 amide bonds. The number of nitrogens with one attached hydrogen (secondary N) is 1. The molecule has 2 fully saturated rings. The molecule has 150 valence electrons. The quantitative estimate of drug-likeness (QED) is 0.763. The number of hydrogen-bond acceptors (Lipinski definition) is 4. The lowest BCUT2D eigenvalue weighted by molar-refractivity contribution is -0.137. The molecule has 1 N–H and O–H groups in total. The topological polar surface area (TPSA) is 65.8 Å². The Bertz CT molecular complexity index is 852. The molecule has 1 saturated heterocycles. The summed E-state index contributed by atoms with van der Waals surface area (Å²) in [5.41, 5.74) is 0.690. The van der Waals surface area contributed by atoms with Gasteiger partial charge in [-0.15, -0.1) is 0 Å². The number of furan rings is 1. The standard InChI is InChI=1S/C21H26BrN3O3/c22-17-7-3-6-16-14-18(28-19(16)17)20(26)23-8-9-24-10-12-25(13-11-24)21(27)15-4-1-2-5-15/h3,6-7,14-15H,1-2,4-5,8-13H2,(H,23,26). The van der Waals surface area contributed by atoms with Crippen molar-refractivity contribution in [3.05, 3.63) is 34.5 Å². The van der Waals surface area contributed by atoms with Gasteiger partial charge in [0.1, 0.15) is 5.58 Å². The normalized spacial score (nSPS) is 18.7. The van der Waals surface area contributed by atoms with E-state index >= 15 is 0 Å². The summed E-state index contributed by atoms with van der Waals surface area (Å²) in [6, 6.07) is 7.50. The zero-order chi connectivity index (χ0) is 19.5. The van der Waals surface area contributed by atoms with Gasteiger partial charge < -0.3 is 14.6 Å². The van der Waals surface area contributed by atoms with Crippen LogP contribution in [-0.2, 0) is 4.79 Å². The second-order valence-electron chi connectivity index (χ2n) is 7.67. The van der Waals surface area contributed by atoms with Gasteiger partial charge in [-0.05, 0) is 40.9 Å². The Balaban J connectivity index is 1.21. The molecule has 0 bridgehead atoms. The lowest BCUT2D eigenvalue weighted by Crippen LogP contribution is -2.51. The van der Waals surface area contributed by atoms with Crippen molar-refractivity contribution < 1.29 is 14.0 Å². The number of halogens is 1. The van der Waals surface area contributed by atoms with Gasteiger partial charge >= 0.3 is 0 Å². The zero-order valence-electron chi connectivity index (χ0n) is 16.0. The maximum Gasteiger partial charge on any atom is 0.287 e. The third-order valence-corrected chi connectivity index (χ3v) is 6.45. The Kier molecular flexibility index (Phi) is 6.01. The number of carbonyl (C=O) groups is 2. The highest BCUT2D eigenvalue weighted by Gasteiger charge is 2.29. The monoisotopic (exact) mass is 447 g/mol. The fourth-order valence-electron chi connectivity index (χ4n) is 4.18. The summed E-state index contributed by atoms with van der Waals surface area (Å²) in [7, 11) is 0. The molecule has 0 atom stereocenters. The van der Waals surface area contributed by atoms with Crippen LogP contribution < -0.4 is 5.32 Å². The minimum atomic E-state index is -0.196. The highest BCUT2D eigenvalue weighted by molar-refractivity contribution is 9.10. The molecule has 0 unspecified atom stereocenters. The number of nitrogens with zero attached hydrogens (tertiary/aromatic N) is 2. The molecular formula is C21H26BrN3O3. The molecule has 1 aromatic heterocycles. The predicted octanol–water partition coefficient (Wildman–Crippen LogP) is 3.26. The highest BCUT2D eigenvalue weighted by Crippen LogP contribution is 2.27. The summed E-state index contributed by atoms with van der Waals surface area (Å²) >= 11 is 3.44. The van der Waals surface area contributed by atoms with E-state index in [0.717, 1.165) is 55.4 Å². The Morgan fingerprint density at radius 2 is 1.89 bits per heavy atom. The second kappa shape index (κ2) is 8.66. The van der Waals surface area contributed by atoms with Gasteiger partial charge in [0.2, 0.25) is 5.91 Å². The number of para-hydroxylation sites is 1. The SMILES string of the molecule is O=C(NCCN1CCN(C(=O)C2CCCC2)CC1)c1cc2cccc(Br)c2o1. The minimum absolute atomic E-state index is 0.196. The van der Waals surface area contributed by atoms with Crippen molar-refractivity contribution in [2.75, 3.05) is 39.3 Å².